The summed E-state index contributed by atoms with van der Waals surface area (Å²) in [5, 5.41) is 11.6. The van der Waals surface area contributed by atoms with Gasteiger partial charge in [-0.15, -0.1) is 0 Å². The van der Waals surface area contributed by atoms with Crippen molar-refractivity contribution in [3.63, 3.8) is 0 Å². The van der Waals surface area contributed by atoms with E-state index in [1.54, 1.807) is 0 Å². The number of benzene rings is 1. The molecule has 1 N–H and O–H groups in total. The average Bonchev–Trinajstić information content (AvgIpc) is 2.51. The second-order valence-corrected chi connectivity index (χ2v) is 6.49. The van der Waals surface area contributed by atoms with Crippen LogP contribution in [-0.2, 0) is 6.42 Å². The highest BCUT2D eigenvalue weighted by Crippen LogP contribution is 2.35. The summed E-state index contributed by atoms with van der Waals surface area (Å²) in [5.74, 6) is 1.21. The number of aliphatic hydroxyl groups excluding tert-OH is 1. The topological polar surface area (TPSA) is 33.1 Å². The van der Waals surface area contributed by atoms with E-state index in [9.17, 15) is 5.11 Å². The van der Waals surface area contributed by atoms with E-state index in [0.29, 0.717) is 5.92 Å². The second-order valence-electron chi connectivity index (χ2n) is 6.49. The van der Waals surface area contributed by atoms with Gasteiger partial charge in [-0.25, -0.2) is 0 Å². The molecular weight excluding hydrogens is 258 g/mol. The van der Waals surface area contributed by atoms with Crippen molar-refractivity contribution >= 4 is 10.9 Å². The van der Waals surface area contributed by atoms with Gasteiger partial charge in [0.1, 0.15) is 0 Å². The molecule has 1 heterocycles. The van der Waals surface area contributed by atoms with E-state index in [4.69, 9.17) is 0 Å². The van der Waals surface area contributed by atoms with Crippen LogP contribution < -0.4 is 0 Å². The molecule has 1 saturated carbocycles. The van der Waals surface area contributed by atoms with Gasteiger partial charge in [-0.05, 0) is 55.2 Å². The third-order valence-electron chi connectivity index (χ3n) is 4.97. The normalized spacial score (nSPS) is 26.1. The van der Waals surface area contributed by atoms with Gasteiger partial charge in [-0.1, -0.05) is 38.0 Å². The zero-order valence-corrected chi connectivity index (χ0v) is 12.8. The maximum atomic E-state index is 10.4. The van der Waals surface area contributed by atoms with Crippen LogP contribution in [0.4, 0.5) is 0 Å². The Kier molecular flexibility index (Phi) is 4.54. The second kappa shape index (κ2) is 6.57. The number of rotatable bonds is 4. The maximum absolute atomic E-state index is 10.4. The van der Waals surface area contributed by atoms with Gasteiger partial charge in [0.2, 0.25) is 0 Å². The lowest BCUT2D eigenvalue weighted by atomic mass is 9.75. The van der Waals surface area contributed by atoms with E-state index in [-0.39, 0.29) is 6.10 Å². The highest BCUT2D eigenvalue weighted by atomic mass is 16.3. The number of nitrogens with zero attached hydrogens (tertiary/aromatic N) is 1. The van der Waals surface area contributed by atoms with Crippen molar-refractivity contribution in [2.75, 3.05) is 0 Å². The van der Waals surface area contributed by atoms with E-state index in [0.717, 1.165) is 24.3 Å². The molecule has 2 nitrogen and oxygen atoms in total. The van der Waals surface area contributed by atoms with Crippen LogP contribution in [0.5, 0.6) is 0 Å². The summed E-state index contributed by atoms with van der Waals surface area (Å²) < 4.78 is 0. The lowest BCUT2D eigenvalue weighted by molar-refractivity contribution is 0.0464. The zero-order chi connectivity index (χ0) is 14.7. The molecule has 112 valence electrons. The highest BCUT2D eigenvalue weighted by Gasteiger charge is 2.29. The van der Waals surface area contributed by atoms with E-state index >= 15 is 0 Å². The van der Waals surface area contributed by atoms with Crippen molar-refractivity contribution in [1.82, 2.24) is 4.98 Å². The fourth-order valence-electron chi connectivity index (χ4n) is 3.85. The molecule has 1 aromatic heterocycles. The van der Waals surface area contributed by atoms with Gasteiger partial charge < -0.3 is 5.11 Å². The SMILES string of the molecule is CCCC1CCC(O)C(Cc2ccnc3ccccc23)C1. The van der Waals surface area contributed by atoms with Crippen molar-refractivity contribution in [3.05, 3.63) is 42.1 Å². The Bertz CT molecular complexity index is 590. The molecule has 0 saturated heterocycles. The number of fused-ring (bicyclic) bond motifs is 1. The summed E-state index contributed by atoms with van der Waals surface area (Å²) in [5.41, 5.74) is 2.40. The number of pyridine rings is 1. The van der Waals surface area contributed by atoms with Crippen molar-refractivity contribution in [1.29, 1.82) is 0 Å². The zero-order valence-electron chi connectivity index (χ0n) is 12.8. The molecule has 21 heavy (non-hydrogen) atoms. The summed E-state index contributed by atoms with van der Waals surface area (Å²) in [6.07, 6.45) is 8.64. The molecule has 3 atom stereocenters. The number of hydrogen-bond donors (Lipinski definition) is 1. The fraction of sp³-hybridized carbons (Fsp3) is 0.526. The Hall–Kier alpha value is -1.41. The Balaban J connectivity index is 1.80. The number of para-hydroxylation sites is 1. The van der Waals surface area contributed by atoms with E-state index in [1.807, 2.05) is 12.3 Å². The van der Waals surface area contributed by atoms with Crippen LogP contribution in [0.15, 0.2) is 36.5 Å². The monoisotopic (exact) mass is 283 g/mol. The largest absolute Gasteiger partial charge is 0.393 e. The molecule has 2 heteroatoms. The quantitative estimate of drug-likeness (QED) is 0.904. The standard InChI is InChI=1S/C19H25NO/c1-2-5-14-8-9-19(21)16(12-14)13-15-10-11-20-18-7-4-3-6-17(15)18/h3-4,6-7,10-11,14,16,19,21H,2,5,8-9,12-13H2,1H3. The first-order valence-electron chi connectivity index (χ1n) is 8.28. The summed E-state index contributed by atoms with van der Waals surface area (Å²) in [6, 6.07) is 10.4. The minimum absolute atomic E-state index is 0.134. The van der Waals surface area contributed by atoms with Crippen LogP contribution in [0.3, 0.4) is 0 Å². The van der Waals surface area contributed by atoms with Gasteiger partial charge >= 0.3 is 0 Å². The Morgan fingerprint density at radius 2 is 2.05 bits per heavy atom. The van der Waals surface area contributed by atoms with Gasteiger partial charge in [0.15, 0.2) is 0 Å². The van der Waals surface area contributed by atoms with E-state index < -0.39 is 0 Å². The van der Waals surface area contributed by atoms with Crippen LogP contribution in [0.25, 0.3) is 10.9 Å². The minimum atomic E-state index is -0.134. The van der Waals surface area contributed by atoms with Crippen molar-refractivity contribution in [2.24, 2.45) is 11.8 Å². The molecule has 1 fully saturated rings. The van der Waals surface area contributed by atoms with Crippen molar-refractivity contribution < 1.29 is 5.11 Å². The lowest BCUT2D eigenvalue weighted by Crippen LogP contribution is -2.30. The predicted molar refractivity (Wildman–Crippen MR) is 87.2 cm³/mol. The first-order chi connectivity index (χ1) is 10.3. The Morgan fingerprint density at radius 3 is 2.90 bits per heavy atom. The number of aliphatic hydroxyl groups is 1. The fourth-order valence-corrected chi connectivity index (χ4v) is 3.85. The molecule has 1 aromatic carbocycles. The van der Waals surface area contributed by atoms with Gasteiger partial charge in [0, 0.05) is 11.6 Å². The summed E-state index contributed by atoms with van der Waals surface area (Å²) in [4.78, 5) is 4.44. The maximum Gasteiger partial charge on any atom is 0.0704 e. The van der Waals surface area contributed by atoms with Crippen LogP contribution in [0.1, 0.15) is 44.6 Å². The van der Waals surface area contributed by atoms with E-state index in [2.05, 4.69) is 36.2 Å². The molecule has 0 amide bonds. The van der Waals surface area contributed by atoms with Gasteiger partial charge in [0.25, 0.3) is 0 Å². The van der Waals surface area contributed by atoms with E-state index in [1.165, 1.54) is 36.6 Å². The van der Waals surface area contributed by atoms with Crippen LogP contribution in [0, 0.1) is 11.8 Å². The van der Waals surface area contributed by atoms with Crippen molar-refractivity contribution in [3.8, 4) is 0 Å². The van der Waals surface area contributed by atoms with Crippen molar-refractivity contribution in [2.45, 2.75) is 51.6 Å². The average molecular weight is 283 g/mol. The Labute approximate surface area is 127 Å². The summed E-state index contributed by atoms with van der Waals surface area (Å²) in [6.45, 7) is 2.26. The first kappa shape index (κ1) is 14.5. The summed E-state index contributed by atoms with van der Waals surface area (Å²) in [7, 11) is 0. The molecule has 3 rings (SSSR count). The third kappa shape index (κ3) is 3.26. The van der Waals surface area contributed by atoms with Gasteiger partial charge in [0.05, 0.1) is 11.6 Å². The Morgan fingerprint density at radius 1 is 1.19 bits per heavy atom. The lowest BCUT2D eigenvalue weighted by Gasteiger charge is -2.33. The molecule has 0 bridgehead atoms. The molecule has 2 aromatic rings. The molecule has 0 radical (unpaired) electrons. The summed E-state index contributed by atoms with van der Waals surface area (Å²) >= 11 is 0. The number of aromatic nitrogens is 1. The molecular formula is C19H25NO. The molecule has 3 unspecified atom stereocenters. The third-order valence-corrected chi connectivity index (χ3v) is 4.97. The van der Waals surface area contributed by atoms with Crippen LogP contribution >= 0.6 is 0 Å². The minimum Gasteiger partial charge on any atom is -0.393 e. The van der Waals surface area contributed by atoms with Crippen LogP contribution in [0.2, 0.25) is 0 Å². The highest BCUT2D eigenvalue weighted by molar-refractivity contribution is 5.81. The van der Waals surface area contributed by atoms with Crippen LogP contribution in [-0.4, -0.2) is 16.2 Å². The van der Waals surface area contributed by atoms with Gasteiger partial charge in [-0.3, -0.25) is 4.98 Å². The first-order valence-corrected chi connectivity index (χ1v) is 8.28. The predicted octanol–water partition coefficient (Wildman–Crippen LogP) is 4.35. The molecule has 0 spiro atoms. The molecule has 0 aliphatic heterocycles. The number of hydrogen-bond acceptors (Lipinski definition) is 2. The smallest absolute Gasteiger partial charge is 0.0704 e. The molecule has 1 aliphatic carbocycles. The van der Waals surface area contributed by atoms with Gasteiger partial charge in [-0.2, -0.15) is 0 Å². The molecule has 1 aliphatic rings.